The maximum absolute atomic E-state index is 13.2. The molecule has 304 valence electrons. The lowest BCUT2D eigenvalue weighted by molar-refractivity contribution is -0.384. The molecule has 2 aliphatic carbocycles. The minimum absolute atomic E-state index is 0. The Hall–Kier alpha value is -3.75. The number of carbonyl (C=O) groups excluding carboxylic acids is 1. The Morgan fingerprint density at radius 1 is 1.00 bits per heavy atom. The quantitative estimate of drug-likeness (QED) is 0.132. The molecule has 3 aromatic carbocycles. The Bertz CT molecular complexity index is 1970. The van der Waals surface area contributed by atoms with E-state index in [4.69, 9.17) is 4.74 Å². The minimum atomic E-state index is -4.39. The molecule has 2 saturated heterocycles. The lowest BCUT2D eigenvalue weighted by atomic mass is 9.59. The summed E-state index contributed by atoms with van der Waals surface area (Å²) < 4.78 is 34.5. The molecule has 3 aromatic rings. The van der Waals surface area contributed by atoms with Crippen LogP contribution in [0.15, 0.2) is 71.6 Å². The van der Waals surface area contributed by atoms with Crippen molar-refractivity contribution in [2.75, 3.05) is 49.6 Å². The second kappa shape index (κ2) is 17.0. The molecule has 1 amide bonds. The highest BCUT2D eigenvalue weighted by Crippen LogP contribution is 2.53. The van der Waals surface area contributed by atoms with Crippen molar-refractivity contribution in [3.63, 3.8) is 0 Å². The van der Waals surface area contributed by atoms with Crippen LogP contribution in [0.25, 0.3) is 0 Å². The van der Waals surface area contributed by atoms with Crippen LogP contribution in [-0.4, -0.2) is 80.3 Å². The Kier molecular flexibility index (Phi) is 12.7. The van der Waals surface area contributed by atoms with Crippen LogP contribution in [0, 0.1) is 21.4 Å². The smallest absolute Gasteiger partial charge is 0.293 e. The van der Waals surface area contributed by atoms with Gasteiger partial charge in [-0.3, -0.25) is 19.8 Å². The van der Waals surface area contributed by atoms with Crippen molar-refractivity contribution in [1.82, 2.24) is 9.62 Å². The number of amides is 1. The van der Waals surface area contributed by atoms with E-state index in [9.17, 15) is 28.4 Å². The van der Waals surface area contributed by atoms with Crippen molar-refractivity contribution >= 4 is 45.4 Å². The number of halogens is 1. The van der Waals surface area contributed by atoms with E-state index in [0.717, 1.165) is 70.3 Å². The third-order valence-electron chi connectivity index (χ3n) is 12.7. The fourth-order valence-electron chi connectivity index (χ4n) is 9.28. The molecule has 56 heavy (non-hydrogen) atoms. The van der Waals surface area contributed by atoms with Crippen LogP contribution in [0.4, 0.5) is 17.1 Å². The van der Waals surface area contributed by atoms with Crippen LogP contribution >= 0.6 is 12.4 Å². The number of carbonyl (C=O) groups is 1. The summed E-state index contributed by atoms with van der Waals surface area (Å²) in [6.45, 7) is 11.1. The SMILES string of the molecule is CC(C)c1ccccc1[C@H]1COCCN1C1CC2(CCN(c3ccc(C(=O)NS(=O)(=O)c4ccc(NCC5CCC(C)(O)CC5)c([N+](=O)[O-])c4)cc3)CC2)C1.Cl. The molecule has 2 heterocycles. The number of nitrogens with one attached hydrogen (secondary N) is 2. The van der Waals surface area contributed by atoms with Crippen molar-refractivity contribution in [3.8, 4) is 0 Å². The molecular formula is C42H56ClN5O7S. The molecule has 0 bridgehead atoms. The standard InChI is InChI=1S/C42H55N5O7S.ClH/c1-29(2)35-6-4-5-7-36(35)39-28-54-23-22-46(39)33-25-42(26-33)18-20-45(21-19-42)32-10-8-31(9-11-32)40(48)44-55(52,53)34-12-13-37(38(24-34)47(50)51)43-27-30-14-16-41(3,49)17-15-30;/h4-13,24,29-30,33,39,43,49H,14-23,25-28H2,1-3H3,(H,44,48);1H/t30?,39-,41?;/m1./s1. The van der Waals surface area contributed by atoms with Gasteiger partial charge in [-0.25, -0.2) is 13.1 Å². The van der Waals surface area contributed by atoms with Gasteiger partial charge in [0.25, 0.3) is 21.6 Å². The van der Waals surface area contributed by atoms with Gasteiger partial charge < -0.3 is 20.1 Å². The summed E-state index contributed by atoms with van der Waals surface area (Å²) in [6.07, 6.45) is 7.50. The molecule has 0 unspecified atom stereocenters. The summed E-state index contributed by atoms with van der Waals surface area (Å²) in [6, 6.07) is 20.2. The van der Waals surface area contributed by atoms with Gasteiger partial charge in [-0.15, -0.1) is 12.4 Å². The molecule has 0 aromatic heterocycles. The van der Waals surface area contributed by atoms with Crippen LogP contribution in [0.2, 0.25) is 0 Å². The first kappa shape index (κ1) is 41.9. The zero-order valence-electron chi connectivity index (χ0n) is 32.6. The number of aliphatic hydroxyl groups is 1. The summed E-state index contributed by atoms with van der Waals surface area (Å²) in [5, 5.41) is 25.2. The molecule has 4 fully saturated rings. The van der Waals surface area contributed by atoms with Crippen LogP contribution in [-0.2, 0) is 14.8 Å². The van der Waals surface area contributed by atoms with E-state index in [0.29, 0.717) is 42.8 Å². The maximum atomic E-state index is 13.2. The molecule has 2 aliphatic heterocycles. The number of rotatable bonds is 11. The number of nitro groups is 1. The molecule has 14 heteroatoms. The number of piperidine rings is 1. The second-order valence-electron chi connectivity index (χ2n) is 16.9. The lowest BCUT2D eigenvalue weighted by Crippen LogP contribution is -2.58. The Balaban J connectivity index is 0.00000532. The minimum Gasteiger partial charge on any atom is -0.390 e. The van der Waals surface area contributed by atoms with E-state index in [2.05, 4.69) is 58.0 Å². The summed E-state index contributed by atoms with van der Waals surface area (Å²) in [5.74, 6) is -0.103. The maximum Gasteiger partial charge on any atom is 0.293 e. The highest BCUT2D eigenvalue weighted by atomic mass is 35.5. The first-order valence-electron chi connectivity index (χ1n) is 19.8. The van der Waals surface area contributed by atoms with Gasteiger partial charge >= 0.3 is 0 Å². The van der Waals surface area contributed by atoms with Gasteiger partial charge in [-0.1, -0.05) is 38.1 Å². The van der Waals surface area contributed by atoms with E-state index in [1.54, 1.807) is 12.1 Å². The average molecular weight is 810 g/mol. The Labute approximate surface area is 337 Å². The number of benzene rings is 3. The molecule has 7 rings (SSSR count). The van der Waals surface area contributed by atoms with Crippen molar-refractivity contribution in [1.29, 1.82) is 0 Å². The number of sulfonamides is 1. The first-order chi connectivity index (χ1) is 26.2. The predicted octanol–water partition coefficient (Wildman–Crippen LogP) is 7.43. The highest BCUT2D eigenvalue weighted by molar-refractivity contribution is 7.90. The van der Waals surface area contributed by atoms with E-state index in [1.165, 1.54) is 36.1 Å². The third-order valence-corrected chi connectivity index (χ3v) is 14.1. The summed E-state index contributed by atoms with van der Waals surface area (Å²) >= 11 is 0. The zero-order chi connectivity index (χ0) is 39.0. The van der Waals surface area contributed by atoms with Gasteiger partial charge in [0.1, 0.15) is 5.69 Å². The molecule has 3 N–H and O–H groups in total. The van der Waals surface area contributed by atoms with E-state index >= 15 is 0 Å². The van der Waals surface area contributed by atoms with Crippen molar-refractivity contribution < 1.29 is 28.0 Å². The molecule has 1 spiro atoms. The monoisotopic (exact) mass is 809 g/mol. The normalized spacial score (nSPS) is 24.3. The van der Waals surface area contributed by atoms with Crippen molar-refractivity contribution in [2.24, 2.45) is 11.3 Å². The van der Waals surface area contributed by atoms with E-state index < -0.39 is 26.5 Å². The number of ether oxygens (including phenoxy) is 1. The fraction of sp³-hybridized carbons (Fsp3) is 0.548. The van der Waals surface area contributed by atoms with Crippen LogP contribution in [0.3, 0.4) is 0 Å². The number of hydrogen-bond donors (Lipinski definition) is 3. The number of nitro benzene ring substituents is 1. The molecular weight excluding hydrogens is 754 g/mol. The topological polar surface area (TPSA) is 154 Å². The number of nitrogens with zero attached hydrogens (tertiary/aromatic N) is 3. The van der Waals surface area contributed by atoms with E-state index in [-0.39, 0.29) is 40.2 Å². The van der Waals surface area contributed by atoms with Gasteiger partial charge in [-0.05, 0) is 123 Å². The number of hydrogen-bond acceptors (Lipinski definition) is 10. The summed E-state index contributed by atoms with van der Waals surface area (Å²) in [5.41, 5.74) is 3.46. The zero-order valence-corrected chi connectivity index (χ0v) is 34.2. The molecule has 2 saturated carbocycles. The van der Waals surface area contributed by atoms with Crippen molar-refractivity contribution in [2.45, 2.75) is 101 Å². The van der Waals surface area contributed by atoms with E-state index in [1.807, 2.05) is 19.1 Å². The number of anilines is 2. The average Bonchev–Trinajstić information content (AvgIpc) is 3.16. The lowest BCUT2D eigenvalue weighted by Gasteiger charge is -2.57. The fourth-order valence-corrected chi connectivity index (χ4v) is 10.3. The summed E-state index contributed by atoms with van der Waals surface area (Å²) in [7, 11) is -4.39. The second-order valence-corrected chi connectivity index (χ2v) is 18.6. The molecule has 0 radical (unpaired) electrons. The first-order valence-corrected chi connectivity index (χ1v) is 21.3. The molecule has 1 atom stereocenters. The van der Waals surface area contributed by atoms with Gasteiger partial charge in [-0.2, -0.15) is 0 Å². The van der Waals surface area contributed by atoms with Gasteiger partial charge in [0.2, 0.25) is 0 Å². The van der Waals surface area contributed by atoms with Gasteiger partial charge in [0.05, 0.1) is 34.7 Å². The largest absolute Gasteiger partial charge is 0.390 e. The molecule has 12 nitrogen and oxygen atoms in total. The Morgan fingerprint density at radius 2 is 1.68 bits per heavy atom. The predicted molar refractivity (Wildman–Crippen MR) is 220 cm³/mol. The molecule has 4 aliphatic rings. The third kappa shape index (κ3) is 9.18. The van der Waals surface area contributed by atoms with Crippen LogP contribution in [0.5, 0.6) is 0 Å². The van der Waals surface area contributed by atoms with Crippen molar-refractivity contribution in [3.05, 3.63) is 93.5 Å². The Morgan fingerprint density at radius 3 is 2.34 bits per heavy atom. The van der Waals surface area contributed by atoms with Crippen LogP contribution in [0.1, 0.15) is 106 Å². The van der Waals surface area contributed by atoms with Gasteiger partial charge in [0, 0.05) is 49.5 Å². The summed E-state index contributed by atoms with van der Waals surface area (Å²) in [4.78, 5) is 29.1. The highest BCUT2D eigenvalue weighted by Gasteiger charge is 2.49. The number of morpholine rings is 1. The van der Waals surface area contributed by atoms with Gasteiger partial charge in [0.15, 0.2) is 0 Å². The van der Waals surface area contributed by atoms with Crippen LogP contribution < -0.4 is 14.9 Å².